The van der Waals surface area contributed by atoms with Crippen molar-refractivity contribution in [3.63, 3.8) is 0 Å². The first-order valence-corrected chi connectivity index (χ1v) is 13.6. The lowest BCUT2D eigenvalue weighted by atomic mass is 9.76. The second-order valence-electron chi connectivity index (χ2n) is 11.4. The molecule has 0 spiro atoms. The largest absolute Gasteiger partial charge is 0.495 e. The van der Waals surface area contributed by atoms with E-state index in [4.69, 9.17) is 18.9 Å². The molecule has 1 atom stereocenters. The van der Waals surface area contributed by atoms with E-state index in [9.17, 15) is 14.7 Å². The van der Waals surface area contributed by atoms with Crippen molar-refractivity contribution in [2.24, 2.45) is 11.3 Å². The highest BCUT2D eigenvalue weighted by molar-refractivity contribution is 5.97. The van der Waals surface area contributed by atoms with E-state index >= 15 is 0 Å². The van der Waals surface area contributed by atoms with Crippen LogP contribution in [0.5, 0.6) is 23.0 Å². The lowest BCUT2D eigenvalue weighted by Crippen LogP contribution is -2.34. The van der Waals surface area contributed by atoms with E-state index < -0.39 is 17.5 Å². The fourth-order valence-electron chi connectivity index (χ4n) is 5.55. The van der Waals surface area contributed by atoms with Gasteiger partial charge in [0.1, 0.15) is 23.7 Å². The van der Waals surface area contributed by atoms with Gasteiger partial charge in [-0.15, -0.1) is 0 Å². The van der Waals surface area contributed by atoms with Gasteiger partial charge in [-0.2, -0.15) is 0 Å². The Morgan fingerprint density at radius 3 is 2.37 bits per heavy atom. The Bertz CT molecular complexity index is 1240. The summed E-state index contributed by atoms with van der Waals surface area (Å²) < 4.78 is 24.0. The molecule has 0 bridgehead atoms. The van der Waals surface area contributed by atoms with Crippen molar-refractivity contribution in [2.75, 3.05) is 7.11 Å². The third-order valence-corrected chi connectivity index (χ3v) is 8.21. The Morgan fingerprint density at radius 1 is 1.05 bits per heavy atom. The first kappa shape index (κ1) is 28.0. The number of methoxy groups -OCH3 is 1. The van der Waals surface area contributed by atoms with Crippen LogP contribution < -0.4 is 14.2 Å². The summed E-state index contributed by atoms with van der Waals surface area (Å²) in [5.74, 6) is 0.529. The summed E-state index contributed by atoms with van der Waals surface area (Å²) in [6, 6.07) is 3.35. The minimum atomic E-state index is -0.819. The molecule has 1 N–H and O–H groups in total. The number of aliphatic hydroxyl groups is 1. The van der Waals surface area contributed by atoms with Gasteiger partial charge in [0.25, 0.3) is 0 Å². The van der Waals surface area contributed by atoms with Crippen LogP contribution in [0.1, 0.15) is 104 Å². The molecule has 2 aliphatic rings. The number of cyclic esters (lactones) is 1. The van der Waals surface area contributed by atoms with Crippen molar-refractivity contribution in [3.8, 4) is 23.0 Å². The van der Waals surface area contributed by atoms with Crippen LogP contribution in [0.4, 0.5) is 0 Å². The average Bonchev–Trinajstić information content (AvgIpc) is 2.87. The Balaban J connectivity index is 1.84. The van der Waals surface area contributed by atoms with Crippen molar-refractivity contribution in [1.29, 1.82) is 0 Å². The number of carbonyl (C=O) groups excluding carboxylic acids is 2. The van der Waals surface area contributed by atoms with Gasteiger partial charge in [-0.25, -0.2) is 4.79 Å². The van der Waals surface area contributed by atoms with Gasteiger partial charge in [0.05, 0.1) is 18.6 Å². The lowest BCUT2D eigenvalue weighted by Gasteiger charge is -2.32. The maximum atomic E-state index is 13.5. The van der Waals surface area contributed by atoms with Crippen molar-refractivity contribution < 1.29 is 33.6 Å². The second kappa shape index (κ2) is 11.0. The van der Waals surface area contributed by atoms with E-state index in [0.29, 0.717) is 29.0 Å². The average molecular weight is 525 g/mol. The van der Waals surface area contributed by atoms with Crippen LogP contribution in [0.2, 0.25) is 0 Å². The zero-order valence-electron chi connectivity index (χ0n) is 23.7. The second-order valence-corrected chi connectivity index (χ2v) is 11.4. The number of esters is 2. The van der Waals surface area contributed by atoms with Crippen molar-refractivity contribution in [1.82, 2.24) is 0 Å². The van der Waals surface area contributed by atoms with E-state index in [0.717, 1.165) is 48.8 Å². The molecular weight excluding hydrogens is 484 g/mol. The molecule has 2 aromatic rings. The smallest absolute Gasteiger partial charge is 0.346 e. The molecular formula is C31H40O7. The van der Waals surface area contributed by atoms with Gasteiger partial charge < -0.3 is 24.1 Å². The predicted molar refractivity (Wildman–Crippen MR) is 144 cm³/mol. The minimum Gasteiger partial charge on any atom is -0.495 e. The van der Waals surface area contributed by atoms with Gasteiger partial charge in [-0.05, 0) is 81.7 Å². The summed E-state index contributed by atoms with van der Waals surface area (Å²) in [5.41, 5.74) is 3.37. The SMILES string of the molecule is COc1c([C@@H](O)CC(C)C)ccc2c1C(=O)OCc1c(C)c(C)c(C)c(OC(=O)C3(C)CCCCC3)c1O2. The van der Waals surface area contributed by atoms with Gasteiger partial charge in [-0.1, -0.05) is 33.1 Å². The number of carbonyl (C=O) groups is 2. The van der Waals surface area contributed by atoms with E-state index in [2.05, 4.69) is 0 Å². The zero-order valence-corrected chi connectivity index (χ0v) is 23.7. The number of rotatable bonds is 6. The van der Waals surface area contributed by atoms with Crippen LogP contribution in [-0.4, -0.2) is 24.2 Å². The Labute approximate surface area is 225 Å². The molecule has 38 heavy (non-hydrogen) atoms. The molecule has 0 saturated heterocycles. The normalized spacial score (nSPS) is 17.3. The van der Waals surface area contributed by atoms with Crippen molar-refractivity contribution in [2.45, 2.75) is 92.8 Å². The monoisotopic (exact) mass is 524 g/mol. The number of fused-ring (bicyclic) bond motifs is 2. The van der Waals surface area contributed by atoms with Crippen LogP contribution in [0, 0.1) is 32.1 Å². The quantitative estimate of drug-likeness (QED) is 0.320. The summed E-state index contributed by atoms with van der Waals surface area (Å²) in [6.07, 6.45) is 4.39. The Morgan fingerprint density at radius 2 is 1.74 bits per heavy atom. The number of hydrogen-bond acceptors (Lipinski definition) is 7. The highest BCUT2D eigenvalue weighted by Gasteiger charge is 2.38. The molecule has 7 heteroatoms. The summed E-state index contributed by atoms with van der Waals surface area (Å²) in [6.45, 7) is 11.8. The van der Waals surface area contributed by atoms with Gasteiger partial charge in [0, 0.05) is 11.1 Å². The molecule has 2 aromatic carbocycles. The fourth-order valence-corrected chi connectivity index (χ4v) is 5.55. The molecule has 0 radical (unpaired) electrons. The fraction of sp³-hybridized carbons (Fsp3) is 0.548. The third-order valence-electron chi connectivity index (χ3n) is 8.21. The number of aliphatic hydroxyl groups excluding tert-OH is 1. The lowest BCUT2D eigenvalue weighted by molar-refractivity contribution is -0.146. The highest BCUT2D eigenvalue weighted by Crippen LogP contribution is 2.48. The Hall–Kier alpha value is -3.06. The van der Waals surface area contributed by atoms with Crippen LogP contribution in [0.3, 0.4) is 0 Å². The summed E-state index contributed by atoms with van der Waals surface area (Å²) in [5, 5.41) is 10.8. The maximum absolute atomic E-state index is 13.5. The number of hydrogen-bond donors (Lipinski definition) is 1. The number of benzene rings is 2. The molecule has 1 fully saturated rings. The Kier molecular flexibility index (Phi) is 8.07. The first-order valence-electron chi connectivity index (χ1n) is 13.6. The molecule has 0 aromatic heterocycles. The molecule has 0 amide bonds. The van der Waals surface area contributed by atoms with Gasteiger partial charge in [0.15, 0.2) is 11.5 Å². The molecule has 4 rings (SSSR count). The first-order chi connectivity index (χ1) is 18.0. The van der Waals surface area contributed by atoms with Gasteiger partial charge in [0.2, 0.25) is 0 Å². The maximum Gasteiger partial charge on any atom is 0.346 e. The standard InChI is InChI=1S/C31H40O7/c1-17(2)15-23(32)21-11-12-24-25(27(21)35-7)29(33)36-16-22-19(4)18(3)20(5)26(28(22)37-24)38-30(34)31(6)13-9-8-10-14-31/h11-12,17,23,32H,8-10,13-16H2,1-7H3/t23-/m0/s1. The minimum absolute atomic E-state index is 0.0513. The molecule has 1 aliphatic heterocycles. The molecule has 7 nitrogen and oxygen atoms in total. The van der Waals surface area contributed by atoms with E-state index in [1.165, 1.54) is 7.11 Å². The van der Waals surface area contributed by atoms with Crippen LogP contribution in [0.15, 0.2) is 12.1 Å². The zero-order chi connectivity index (χ0) is 27.8. The molecule has 206 valence electrons. The van der Waals surface area contributed by atoms with E-state index in [-0.39, 0.29) is 35.6 Å². The van der Waals surface area contributed by atoms with E-state index in [1.54, 1.807) is 12.1 Å². The van der Waals surface area contributed by atoms with Crippen molar-refractivity contribution in [3.05, 3.63) is 45.5 Å². The predicted octanol–water partition coefficient (Wildman–Crippen LogP) is 7.04. The van der Waals surface area contributed by atoms with Crippen LogP contribution >= 0.6 is 0 Å². The van der Waals surface area contributed by atoms with Crippen molar-refractivity contribution >= 4 is 11.9 Å². The van der Waals surface area contributed by atoms with E-state index in [1.807, 2.05) is 41.5 Å². The van der Waals surface area contributed by atoms with Gasteiger partial charge >= 0.3 is 11.9 Å². The topological polar surface area (TPSA) is 91.3 Å². The third kappa shape index (κ3) is 5.13. The van der Waals surface area contributed by atoms with Crippen LogP contribution in [0.25, 0.3) is 0 Å². The molecule has 1 saturated carbocycles. The molecule has 0 unspecified atom stereocenters. The molecule has 1 heterocycles. The summed E-state index contributed by atoms with van der Waals surface area (Å²) in [4.78, 5) is 26.7. The summed E-state index contributed by atoms with van der Waals surface area (Å²) in [7, 11) is 1.46. The molecule has 1 aliphatic carbocycles. The van der Waals surface area contributed by atoms with Gasteiger partial charge in [-0.3, -0.25) is 4.79 Å². The summed E-state index contributed by atoms with van der Waals surface area (Å²) >= 11 is 0. The highest BCUT2D eigenvalue weighted by atomic mass is 16.6. The number of ether oxygens (including phenoxy) is 4. The van der Waals surface area contributed by atoms with Crippen LogP contribution in [-0.2, 0) is 16.1 Å².